The highest BCUT2D eigenvalue weighted by Crippen LogP contribution is 2.20. The maximum absolute atomic E-state index is 5.78. The van der Waals surface area contributed by atoms with E-state index >= 15 is 0 Å². The second-order valence-electron chi connectivity index (χ2n) is 6.14. The van der Waals surface area contributed by atoms with Gasteiger partial charge < -0.3 is 9.26 Å². The largest absolute Gasteiger partial charge is 0.367 e. The average molecular weight is 340 g/mol. The number of benzene rings is 1. The molecule has 0 saturated carbocycles. The fourth-order valence-electron chi connectivity index (χ4n) is 2.90. The molecule has 0 amide bonds. The van der Waals surface area contributed by atoms with Crippen LogP contribution in [0.2, 0.25) is 0 Å². The van der Waals surface area contributed by atoms with Crippen LogP contribution in [-0.4, -0.2) is 49.9 Å². The van der Waals surface area contributed by atoms with Gasteiger partial charge in [0.1, 0.15) is 11.9 Å². The molecule has 0 unspecified atom stereocenters. The van der Waals surface area contributed by atoms with E-state index < -0.39 is 0 Å². The van der Waals surface area contributed by atoms with Crippen LogP contribution in [0.1, 0.15) is 35.0 Å². The Kier molecular flexibility index (Phi) is 4.53. The van der Waals surface area contributed by atoms with Gasteiger partial charge in [-0.15, -0.1) is 0 Å². The minimum absolute atomic E-state index is 0.134. The van der Waals surface area contributed by atoms with Crippen molar-refractivity contribution in [1.29, 1.82) is 0 Å². The molecule has 2 aromatic heterocycles. The smallest absolute Gasteiger partial charge is 0.240 e. The Morgan fingerprint density at radius 2 is 2.12 bits per heavy atom. The highest BCUT2D eigenvalue weighted by atomic mass is 16.5. The van der Waals surface area contributed by atoms with Gasteiger partial charge in [0, 0.05) is 19.5 Å². The van der Waals surface area contributed by atoms with Crippen molar-refractivity contribution in [2.45, 2.75) is 26.0 Å². The summed E-state index contributed by atoms with van der Waals surface area (Å²) in [6, 6.07) is 10.1. The lowest BCUT2D eigenvalue weighted by molar-refractivity contribution is -0.0396. The van der Waals surface area contributed by atoms with Gasteiger partial charge in [0.2, 0.25) is 5.89 Å². The summed E-state index contributed by atoms with van der Waals surface area (Å²) in [5.41, 5.74) is 1.17. The third-order valence-corrected chi connectivity index (χ3v) is 4.13. The molecule has 1 aliphatic heterocycles. The first kappa shape index (κ1) is 15.9. The number of aryl methyl sites for hydroxylation is 1. The molecular formula is C17H20N6O2. The van der Waals surface area contributed by atoms with E-state index in [0.29, 0.717) is 43.7 Å². The molecule has 1 aromatic carbocycles. The quantitative estimate of drug-likeness (QED) is 0.755. The lowest BCUT2D eigenvalue weighted by Crippen LogP contribution is -2.38. The van der Waals surface area contributed by atoms with Gasteiger partial charge in [-0.1, -0.05) is 35.5 Å². The van der Waals surface area contributed by atoms with Gasteiger partial charge in [0.05, 0.1) is 13.2 Å². The summed E-state index contributed by atoms with van der Waals surface area (Å²) >= 11 is 0. The molecule has 0 spiro atoms. The molecule has 0 bridgehead atoms. The van der Waals surface area contributed by atoms with E-state index in [-0.39, 0.29) is 6.10 Å². The van der Waals surface area contributed by atoms with E-state index in [9.17, 15) is 0 Å². The van der Waals surface area contributed by atoms with Crippen molar-refractivity contribution in [3.63, 3.8) is 0 Å². The lowest BCUT2D eigenvalue weighted by Gasteiger charge is -2.30. The van der Waals surface area contributed by atoms with E-state index in [1.807, 2.05) is 25.1 Å². The van der Waals surface area contributed by atoms with Crippen LogP contribution < -0.4 is 0 Å². The maximum Gasteiger partial charge on any atom is 0.240 e. The van der Waals surface area contributed by atoms with E-state index in [2.05, 4.69) is 42.4 Å². The summed E-state index contributed by atoms with van der Waals surface area (Å²) in [6.45, 7) is 4.63. The molecule has 3 aromatic rings. The van der Waals surface area contributed by atoms with Crippen molar-refractivity contribution in [2.24, 2.45) is 0 Å². The van der Waals surface area contributed by atoms with Crippen LogP contribution in [-0.2, 0) is 17.7 Å². The SMILES string of the molecule is Cc1nc([C@H]2CN(Cc3nc(Cc4ccccc4)no3)CCO2)n[nH]1. The summed E-state index contributed by atoms with van der Waals surface area (Å²) in [6.07, 6.45) is 0.539. The van der Waals surface area contributed by atoms with Gasteiger partial charge in [-0.2, -0.15) is 10.1 Å². The lowest BCUT2D eigenvalue weighted by atomic mass is 10.1. The fourth-order valence-corrected chi connectivity index (χ4v) is 2.90. The zero-order valence-electron chi connectivity index (χ0n) is 14.1. The van der Waals surface area contributed by atoms with Crippen molar-refractivity contribution >= 4 is 0 Å². The first-order valence-electron chi connectivity index (χ1n) is 8.34. The topological polar surface area (TPSA) is 93.0 Å². The van der Waals surface area contributed by atoms with Crippen molar-refractivity contribution < 1.29 is 9.26 Å². The van der Waals surface area contributed by atoms with Crippen molar-refractivity contribution in [2.75, 3.05) is 19.7 Å². The molecule has 0 radical (unpaired) electrons. The monoisotopic (exact) mass is 340 g/mol. The highest BCUT2D eigenvalue weighted by Gasteiger charge is 2.26. The fraction of sp³-hybridized carbons (Fsp3) is 0.412. The Hall–Kier alpha value is -2.58. The van der Waals surface area contributed by atoms with E-state index in [1.165, 1.54) is 5.56 Å². The molecule has 8 heteroatoms. The summed E-state index contributed by atoms with van der Waals surface area (Å²) in [5, 5.41) is 11.1. The highest BCUT2D eigenvalue weighted by molar-refractivity contribution is 5.18. The third-order valence-electron chi connectivity index (χ3n) is 4.13. The minimum Gasteiger partial charge on any atom is -0.367 e. The molecule has 1 aliphatic rings. The van der Waals surface area contributed by atoms with E-state index in [0.717, 1.165) is 12.4 Å². The third kappa shape index (κ3) is 3.92. The average Bonchev–Trinajstić information content (AvgIpc) is 3.25. The number of nitrogens with one attached hydrogen (secondary N) is 1. The van der Waals surface area contributed by atoms with Gasteiger partial charge in [-0.25, -0.2) is 4.98 Å². The Balaban J connectivity index is 1.37. The van der Waals surface area contributed by atoms with Crippen LogP contribution >= 0.6 is 0 Å². The molecule has 25 heavy (non-hydrogen) atoms. The first-order chi connectivity index (χ1) is 12.3. The van der Waals surface area contributed by atoms with Gasteiger partial charge in [0.15, 0.2) is 11.6 Å². The molecule has 0 aliphatic carbocycles. The van der Waals surface area contributed by atoms with Crippen LogP contribution in [0.3, 0.4) is 0 Å². The Labute approximate surface area is 145 Å². The normalized spacial score (nSPS) is 18.5. The van der Waals surface area contributed by atoms with E-state index in [1.54, 1.807) is 0 Å². The predicted molar refractivity (Wildman–Crippen MR) is 88.6 cm³/mol. The number of morpholine rings is 1. The van der Waals surface area contributed by atoms with Crippen molar-refractivity contribution in [1.82, 2.24) is 30.2 Å². The summed E-state index contributed by atoms with van der Waals surface area (Å²) in [5.74, 6) is 2.81. The predicted octanol–water partition coefficient (Wildman–Crippen LogP) is 1.66. The molecule has 1 atom stereocenters. The van der Waals surface area contributed by atoms with Gasteiger partial charge in [0.25, 0.3) is 0 Å². The van der Waals surface area contributed by atoms with Crippen molar-refractivity contribution in [3.8, 4) is 0 Å². The number of H-pyrrole nitrogens is 1. The minimum atomic E-state index is -0.134. The van der Waals surface area contributed by atoms with Crippen LogP contribution in [0.4, 0.5) is 0 Å². The molecule has 1 N–H and O–H groups in total. The second-order valence-corrected chi connectivity index (χ2v) is 6.14. The zero-order valence-corrected chi connectivity index (χ0v) is 14.1. The Morgan fingerprint density at radius 1 is 1.24 bits per heavy atom. The number of hydrogen-bond donors (Lipinski definition) is 1. The molecule has 8 nitrogen and oxygen atoms in total. The summed E-state index contributed by atoms with van der Waals surface area (Å²) in [4.78, 5) is 11.1. The van der Waals surface area contributed by atoms with Gasteiger partial charge >= 0.3 is 0 Å². The van der Waals surface area contributed by atoms with Crippen LogP contribution in [0.5, 0.6) is 0 Å². The van der Waals surface area contributed by atoms with Crippen LogP contribution in [0.25, 0.3) is 0 Å². The maximum atomic E-state index is 5.78. The zero-order chi connectivity index (χ0) is 17.1. The van der Waals surface area contributed by atoms with Crippen LogP contribution in [0.15, 0.2) is 34.9 Å². The van der Waals surface area contributed by atoms with Crippen molar-refractivity contribution in [3.05, 3.63) is 59.3 Å². The second kappa shape index (κ2) is 7.12. The molecular weight excluding hydrogens is 320 g/mol. The molecule has 4 rings (SSSR count). The molecule has 3 heterocycles. The first-order valence-corrected chi connectivity index (χ1v) is 8.34. The Bertz CT molecular complexity index is 815. The number of aromatic nitrogens is 5. The van der Waals surface area contributed by atoms with Crippen LogP contribution in [0, 0.1) is 6.92 Å². The number of aromatic amines is 1. The molecule has 130 valence electrons. The molecule has 1 saturated heterocycles. The van der Waals surface area contributed by atoms with Gasteiger partial charge in [-0.05, 0) is 12.5 Å². The summed E-state index contributed by atoms with van der Waals surface area (Å²) in [7, 11) is 0. The standard InChI is InChI=1S/C17H20N6O2/c1-12-18-17(21-20-12)14-10-23(7-8-24-14)11-16-19-15(22-25-16)9-13-5-3-2-4-6-13/h2-6,14H,7-11H2,1H3,(H,18,20,21)/t14-/m1/s1. The Morgan fingerprint density at radius 3 is 2.92 bits per heavy atom. The number of nitrogens with zero attached hydrogens (tertiary/aromatic N) is 5. The number of hydrogen-bond acceptors (Lipinski definition) is 7. The number of ether oxygens (including phenoxy) is 1. The molecule has 1 fully saturated rings. The van der Waals surface area contributed by atoms with Gasteiger partial charge in [-0.3, -0.25) is 10.00 Å². The van der Waals surface area contributed by atoms with E-state index in [4.69, 9.17) is 9.26 Å². The summed E-state index contributed by atoms with van der Waals surface area (Å²) < 4.78 is 11.2. The number of rotatable bonds is 5.